The molecular weight excluding hydrogens is 354 g/mol. The number of fused-ring (bicyclic) bond motifs is 3. The van der Waals surface area contributed by atoms with Crippen molar-refractivity contribution in [2.24, 2.45) is 0 Å². The maximum absolute atomic E-state index is 12.4. The normalized spacial score (nSPS) is 13.7. The Morgan fingerprint density at radius 3 is 2.00 bits per heavy atom. The first-order chi connectivity index (χ1) is 13.3. The standard InChI is InChI=1S/C23H25NO4/c1-5-20(25)14-9-10-16-17(11-14)23(7-3,8-4)18-12-15(21(26)6-2)13-19(22(16)18)24(27)28/h9-13H,5-8H2,1-4H3. The summed E-state index contributed by atoms with van der Waals surface area (Å²) in [5.74, 6) is -0.0546. The molecule has 0 N–H and O–H groups in total. The summed E-state index contributed by atoms with van der Waals surface area (Å²) in [6.07, 6.45) is 2.16. The van der Waals surface area contributed by atoms with Crippen molar-refractivity contribution in [3.63, 3.8) is 0 Å². The van der Waals surface area contributed by atoms with E-state index in [1.165, 1.54) is 6.07 Å². The molecule has 0 amide bonds. The molecule has 2 aromatic carbocycles. The second-order valence-electron chi connectivity index (χ2n) is 7.28. The number of hydrogen-bond acceptors (Lipinski definition) is 4. The number of nitrogens with zero attached hydrogens (tertiary/aromatic N) is 1. The Labute approximate surface area is 164 Å². The highest BCUT2D eigenvalue weighted by molar-refractivity contribution is 6.01. The molecule has 0 aliphatic heterocycles. The van der Waals surface area contributed by atoms with Crippen LogP contribution in [0.1, 0.15) is 85.2 Å². The molecule has 0 saturated heterocycles. The average molecular weight is 379 g/mol. The zero-order chi connectivity index (χ0) is 20.6. The molecule has 146 valence electrons. The summed E-state index contributed by atoms with van der Waals surface area (Å²) in [5, 5.41) is 11.9. The van der Waals surface area contributed by atoms with E-state index in [1.807, 2.05) is 25.1 Å². The number of carbonyl (C=O) groups excluding carboxylic acids is 2. The summed E-state index contributed by atoms with van der Waals surface area (Å²) in [6, 6.07) is 8.73. The van der Waals surface area contributed by atoms with Crippen molar-refractivity contribution in [2.75, 3.05) is 0 Å². The third-order valence-corrected chi connectivity index (χ3v) is 6.13. The van der Waals surface area contributed by atoms with Gasteiger partial charge in [0.2, 0.25) is 0 Å². The molecule has 0 saturated carbocycles. The number of benzene rings is 2. The van der Waals surface area contributed by atoms with E-state index in [4.69, 9.17) is 0 Å². The molecular formula is C23H25NO4. The molecule has 0 unspecified atom stereocenters. The molecule has 5 heteroatoms. The van der Waals surface area contributed by atoms with Crippen LogP contribution in [-0.4, -0.2) is 16.5 Å². The minimum atomic E-state index is -0.441. The van der Waals surface area contributed by atoms with Gasteiger partial charge in [0.25, 0.3) is 5.69 Å². The first-order valence-corrected chi connectivity index (χ1v) is 9.88. The van der Waals surface area contributed by atoms with E-state index in [0.717, 1.165) is 29.5 Å². The van der Waals surface area contributed by atoms with Gasteiger partial charge in [-0.3, -0.25) is 19.7 Å². The zero-order valence-corrected chi connectivity index (χ0v) is 16.8. The van der Waals surface area contributed by atoms with Crippen LogP contribution in [0.25, 0.3) is 11.1 Å². The average Bonchev–Trinajstić information content (AvgIpc) is 3.00. The third kappa shape index (κ3) is 2.77. The van der Waals surface area contributed by atoms with E-state index >= 15 is 0 Å². The Balaban J connectivity index is 2.40. The molecule has 0 radical (unpaired) electrons. The number of rotatable bonds is 7. The first-order valence-electron chi connectivity index (χ1n) is 9.88. The van der Waals surface area contributed by atoms with Gasteiger partial charge in [0.05, 0.1) is 10.5 Å². The lowest BCUT2D eigenvalue weighted by Crippen LogP contribution is -2.24. The number of nitro benzene ring substituents is 1. The van der Waals surface area contributed by atoms with E-state index in [9.17, 15) is 19.7 Å². The van der Waals surface area contributed by atoms with Crippen LogP contribution in [0.5, 0.6) is 0 Å². The third-order valence-electron chi connectivity index (χ3n) is 6.13. The van der Waals surface area contributed by atoms with Gasteiger partial charge in [-0.05, 0) is 41.7 Å². The highest BCUT2D eigenvalue weighted by Gasteiger charge is 2.44. The Morgan fingerprint density at radius 1 is 0.893 bits per heavy atom. The molecule has 3 rings (SSSR count). The minimum Gasteiger partial charge on any atom is -0.294 e. The monoisotopic (exact) mass is 379 g/mol. The van der Waals surface area contributed by atoms with Crippen molar-refractivity contribution in [2.45, 2.75) is 58.8 Å². The summed E-state index contributed by atoms with van der Waals surface area (Å²) in [5.41, 5.74) is 3.72. The Kier molecular flexibility index (Phi) is 5.20. The number of carbonyl (C=O) groups is 2. The van der Waals surface area contributed by atoms with Gasteiger partial charge in [-0.1, -0.05) is 39.8 Å². The second kappa shape index (κ2) is 7.30. The van der Waals surface area contributed by atoms with Gasteiger partial charge in [-0.25, -0.2) is 0 Å². The smallest absolute Gasteiger partial charge is 0.278 e. The largest absolute Gasteiger partial charge is 0.294 e. The lowest BCUT2D eigenvalue weighted by molar-refractivity contribution is -0.384. The van der Waals surface area contributed by atoms with Gasteiger partial charge in [-0.2, -0.15) is 0 Å². The van der Waals surface area contributed by atoms with Gasteiger partial charge in [0, 0.05) is 35.4 Å². The Bertz CT molecular complexity index is 986. The van der Waals surface area contributed by atoms with Crippen molar-refractivity contribution in [1.82, 2.24) is 0 Å². The predicted molar refractivity (Wildman–Crippen MR) is 109 cm³/mol. The van der Waals surface area contributed by atoms with E-state index in [2.05, 4.69) is 13.8 Å². The van der Waals surface area contributed by atoms with E-state index in [0.29, 0.717) is 29.5 Å². The molecule has 28 heavy (non-hydrogen) atoms. The quantitative estimate of drug-likeness (QED) is 0.342. The van der Waals surface area contributed by atoms with Crippen LogP contribution in [0, 0.1) is 10.1 Å². The van der Waals surface area contributed by atoms with Crippen molar-refractivity contribution in [3.05, 3.63) is 62.7 Å². The summed E-state index contributed by atoms with van der Waals surface area (Å²) in [6.45, 7) is 7.68. The number of Topliss-reactive ketones (excluding diaryl/α,β-unsaturated/α-hetero) is 2. The van der Waals surface area contributed by atoms with Crippen molar-refractivity contribution < 1.29 is 14.5 Å². The SMILES string of the molecule is CCC(=O)c1ccc2c(c1)C(CC)(CC)c1cc(C(=O)CC)cc([N+](=O)[O-])c1-2. The van der Waals surface area contributed by atoms with Crippen LogP contribution in [0.4, 0.5) is 5.69 Å². The second-order valence-corrected chi connectivity index (χ2v) is 7.28. The molecule has 0 aromatic heterocycles. The van der Waals surface area contributed by atoms with Gasteiger partial charge < -0.3 is 0 Å². The lowest BCUT2D eigenvalue weighted by Gasteiger charge is -2.30. The Morgan fingerprint density at radius 2 is 1.46 bits per heavy atom. The highest BCUT2D eigenvalue weighted by Crippen LogP contribution is 2.56. The van der Waals surface area contributed by atoms with Crippen molar-refractivity contribution in [3.8, 4) is 11.1 Å². The molecule has 0 heterocycles. The molecule has 0 atom stereocenters. The maximum Gasteiger partial charge on any atom is 0.278 e. The Hall–Kier alpha value is -2.82. The van der Waals surface area contributed by atoms with Gasteiger partial charge in [-0.15, -0.1) is 0 Å². The molecule has 5 nitrogen and oxygen atoms in total. The number of nitro groups is 1. The van der Waals surface area contributed by atoms with Crippen LogP contribution in [0.2, 0.25) is 0 Å². The molecule has 0 bridgehead atoms. The van der Waals surface area contributed by atoms with Crippen LogP contribution in [0.15, 0.2) is 30.3 Å². The van der Waals surface area contributed by atoms with Crippen molar-refractivity contribution in [1.29, 1.82) is 0 Å². The van der Waals surface area contributed by atoms with Gasteiger partial charge in [0.1, 0.15) is 0 Å². The van der Waals surface area contributed by atoms with E-state index in [1.54, 1.807) is 13.0 Å². The minimum absolute atomic E-state index is 0.0334. The van der Waals surface area contributed by atoms with Crippen LogP contribution >= 0.6 is 0 Å². The van der Waals surface area contributed by atoms with Crippen LogP contribution in [-0.2, 0) is 5.41 Å². The highest BCUT2D eigenvalue weighted by atomic mass is 16.6. The molecule has 1 aliphatic carbocycles. The predicted octanol–water partition coefficient (Wildman–Crippen LogP) is 5.87. The summed E-state index contributed by atoms with van der Waals surface area (Å²) in [4.78, 5) is 36.1. The van der Waals surface area contributed by atoms with Crippen molar-refractivity contribution >= 4 is 17.3 Å². The van der Waals surface area contributed by atoms with Gasteiger partial charge in [0.15, 0.2) is 11.6 Å². The molecule has 1 aliphatic rings. The molecule has 0 fully saturated rings. The number of ketones is 2. The summed E-state index contributed by atoms with van der Waals surface area (Å²) in [7, 11) is 0. The summed E-state index contributed by atoms with van der Waals surface area (Å²) >= 11 is 0. The maximum atomic E-state index is 12.4. The fraction of sp³-hybridized carbons (Fsp3) is 0.391. The first kappa shape index (κ1) is 19.9. The van der Waals surface area contributed by atoms with Crippen LogP contribution in [0.3, 0.4) is 0 Å². The van der Waals surface area contributed by atoms with E-state index < -0.39 is 10.3 Å². The zero-order valence-electron chi connectivity index (χ0n) is 16.8. The molecule has 0 spiro atoms. The topological polar surface area (TPSA) is 77.3 Å². The molecule has 2 aromatic rings. The fourth-order valence-corrected chi connectivity index (χ4v) is 4.49. The van der Waals surface area contributed by atoms with Crippen LogP contribution < -0.4 is 0 Å². The van der Waals surface area contributed by atoms with E-state index in [-0.39, 0.29) is 17.3 Å². The fourth-order valence-electron chi connectivity index (χ4n) is 4.49. The summed E-state index contributed by atoms with van der Waals surface area (Å²) < 4.78 is 0. The lowest BCUT2D eigenvalue weighted by atomic mass is 9.73. The van der Waals surface area contributed by atoms with Gasteiger partial charge >= 0.3 is 0 Å². The number of hydrogen-bond donors (Lipinski definition) is 0.